The summed E-state index contributed by atoms with van der Waals surface area (Å²) in [6.07, 6.45) is 2.14. The number of thiophene rings is 1. The van der Waals surface area contributed by atoms with Crippen LogP contribution >= 0.6 is 27.3 Å². The molecular formula is C16H14BrN3O3S2. The monoisotopic (exact) mass is 439 g/mol. The van der Waals surface area contributed by atoms with Gasteiger partial charge in [0.15, 0.2) is 0 Å². The second-order valence-corrected chi connectivity index (χ2v) is 9.64. The highest BCUT2D eigenvalue weighted by atomic mass is 79.9. The van der Waals surface area contributed by atoms with E-state index in [4.69, 9.17) is 4.42 Å². The largest absolute Gasteiger partial charge is 0.420 e. The van der Waals surface area contributed by atoms with E-state index in [1.165, 1.54) is 0 Å². The predicted molar refractivity (Wildman–Crippen MR) is 99.3 cm³/mol. The number of nitrogens with zero attached hydrogens (tertiary/aromatic N) is 2. The third kappa shape index (κ3) is 3.49. The van der Waals surface area contributed by atoms with Crippen molar-refractivity contribution in [3.63, 3.8) is 0 Å². The summed E-state index contributed by atoms with van der Waals surface area (Å²) in [5.74, 6) is 1.35. The molecule has 0 bridgehead atoms. The molecule has 130 valence electrons. The van der Waals surface area contributed by atoms with Crippen LogP contribution in [0.3, 0.4) is 0 Å². The van der Waals surface area contributed by atoms with E-state index < -0.39 is 10.0 Å². The molecule has 0 aliphatic heterocycles. The zero-order chi connectivity index (χ0) is 17.6. The fourth-order valence-electron chi connectivity index (χ4n) is 2.31. The number of hydrogen-bond acceptors (Lipinski definition) is 6. The molecule has 1 N–H and O–H groups in total. The molecule has 1 fully saturated rings. The summed E-state index contributed by atoms with van der Waals surface area (Å²) in [7, 11) is -3.68. The molecule has 1 aliphatic carbocycles. The Kier molecular flexibility index (Phi) is 4.17. The van der Waals surface area contributed by atoms with Gasteiger partial charge in [-0.1, -0.05) is 6.07 Å². The van der Waals surface area contributed by atoms with Gasteiger partial charge < -0.3 is 4.42 Å². The van der Waals surface area contributed by atoms with Crippen LogP contribution in [0.2, 0.25) is 0 Å². The lowest BCUT2D eigenvalue weighted by atomic mass is 10.2. The molecule has 9 heteroatoms. The standard InChI is InChI=1S/C16H14BrN3O3S2/c1-9-2-5-13(12(17)6-9)20-25(21,22)14-7-11(8-24-14)16-19-18-15(23-16)10-3-4-10/h2,5-8,10,20H,3-4H2,1H3. The molecule has 1 aromatic carbocycles. The quantitative estimate of drug-likeness (QED) is 0.629. The molecule has 2 heterocycles. The van der Waals surface area contributed by atoms with Crippen LogP contribution in [0.4, 0.5) is 5.69 Å². The highest BCUT2D eigenvalue weighted by Crippen LogP contribution is 2.40. The highest BCUT2D eigenvalue weighted by Gasteiger charge is 2.30. The minimum atomic E-state index is -3.68. The Morgan fingerprint density at radius 2 is 2.08 bits per heavy atom. The van der Waals surface area contributed by atoms with Crippen molar-refractivity contribution in [1.82, 2.24) is 10.2 Å². The molecule has 4 rings (SSSR count). The Labute approximate surface area is 157 Å². The zero-order valence-electron chi connectivity index (χ0n) is 13.2. The van der Waals surface area contributed by atoms with Crippen molar-refractivity contribution in [2.75, 3.05) is 4.72 Å². The first-order valence-corrected chi connectivity index (χ1v) is 10.8. The van der Waals surface area contributed by atoms with Crippen molar-refractivity contribution in [2.45, 2.75) is 29.9 Å². The van der Waals surface area contributed by atoms with Crippen LogP contribution in [0.1, 0.15) is 30.2 Å². The van der Waals surface area contributed by atoms with E-state index in [0.29, 0.717) is 33.4 Å². The van der Waals surface area contributed by atoms with Crippen molar-refractivity contribution in [3.8, 4) is 11.5 Å². The maximum atomic E-state index is 12.6. The second kappa shape index (κ2) is 6.22. The van der Waals surface area contributed by atoms with Crippen LogP contribution < -0.4 is 4.72 Å². The fourth-order valence-corrected chi connectivity index (χ4v) is 5.27. The van der Waals surface area contributed by atoms with Crippen LogP contribution in [-0.4, -0.2) is 18.6 Å². The Balaban J connectivity index is 1.59. The average Bonchev–Trinajstić information content (AvgIpc) is 3.09. The molecule has 25 heavy (non-hydrogen) atoms. The Morgan fingerprint density at radius 3 is 2.80 bits per heavy atom. The molecule has 0 radical (unpaired) electrons. The number of rotatable bonds is 5. The summed E-state index contributed by atoms with van der Waals surface area (Å²) in [5, 5.41) is 9.76. The SMILES string of the molecule is Cc1ccc(NS(=O)(=O)c2cc(-c3nnc(C4CC4)o3)cs2)c(Br)c1. The molecule has 0 saturated heterocycles. The summed E-state index contributed by atoms with van der Waals surface area (Å²) in [4.78, 5) is 0. The van der Waals surface area contributed by atoms with Gasteiger partial charge in [-0.05, 0) is 59.5 Å². The van der Waals surface area contributed by atoms with Crippen LogP contribution in [0.5, 0.6) is 0 Å². The summed E-state index contributed by atoms with van der Waals surface area (Å²) in [6.45, 7) is 1.94. The van der Waals surface area contributed by atoms with Gasteiger partial charge in [-0.15, -0.1) is 21.5 Å². The van der Waals surface area contributed by atoms with E-state index >= 15 is 0 Å². The summed E-state index contributed by atoms with van der Waals surface area (Å²) >= 11 is 4.50. The van der Waals surface area contributed by atoms with E-state index in [1.54, 1.807) is 17.5 Å². The van der Waals surface area contributed by atoms with Gasteiger partial charge in [0.1, 0.15) is 4.21 Å². The minimum Gasteiger partial charge on any atom is -0.420 e. The lowest BCUT2D eigenvalue weighted by molar-refractivity contribution is 0.508. The summed E-state index contributed by atoms with van der Waals surface area (Å²) < 4.78 is 34.4. The maximum absolute atomic E-state index is 12.6. The Morgan fingerprint density at radius 1 is 1.28 bits per heavy atom. The zero-order valence-corrected chi connectivity index (χ0v) is 16.4. The predicted octanol–water partition coefficient (Wildman–Crippen LogP) is 4.55. The number of hydrogen-bond donors (Lipinski definition) is 1. The molecule has 0 spiro atoms. The molecule has 0 amide bonds. The van der Waals surface area contributed by atoms with Crippen LogP contribution in [0.25, 0.3) is 11.5 Å². The van der Waals surface area contributed by atoms with E-state index in [1.807, 2.05) is 19.1 Å². The number of sulfonamides is 1. The van der Waals surface area contributed by atoms with E-state index in [2.05, 4.69) is 30.8 Å². The first-order valence-electron chi connectivity index (χ1n) is 7.64. The maximum Gasteiger partial charge on any atom is 0.271 e. The van der Waals surface area contributed by atoms with E-state index in [-0.39, 0.29) is 4.21 Å². The molecule has 1 saturated carbocycles. The Hall–Kier alpha value is -1.71. The van der Waals surface area contributed by atoms with Gasteiger partial charge in [0.25, 0.3) is 10.0 Å². The van der Waals surface area contributed by atoms with Crippen molar-refractivity contribution in [1.29, 1.82) is 0 Å². The van der Waals surface area contributed by atoms with Gasteiger partial charge in [0, 0.05) is 15.8 Å². The Bertz CT molecular complexity index is 1040. The number of benzene rings is 1. The summed E-state index contributed by atoms with van der Waals surface area (Å²) in [6, 6.07) is 6.99. The van der Waals surface area contributed by atoms with E-state index in [9.17, 15) is 8.42 Å². The molecule has 1 aliphatic rings. The molecular weight excluding hydrogens is 426 g/mol. The summed E-state index contributed by atoms with van der Waals surface area (Å²) in [5.41, 5.74) is 2.15. The van der Waals surface area contributed by atoms with Gasteiger partial charge in [-0.2, -0.15) is 0 Å². The third-order valence-corrected chi connectivity index (χ3v) is 7.28. The van der Waals surface area contributed by atoms with Gasteiger partial charge in [-0.3, -0.25) is 4.72 Å². The normalized spacial score (nSPS) is 14.6. The number of halogens is 1. The fraction of sp³-hybridized carbons (Fsp3) is 0.250. The second-order valence-electron chi connectivity index (χ2n) is 5.96. The van der Waals surface area contributed by atoms with Crippen LogP contribution in [0.15, 0.2) is 42.7 Å². The topological polar surface area (TPSA) is 85.1 Å². The molecule has 2 aromatic heterocycles. The number of nitrogens with one attached hydrogen (secondary N) is 1. The first-order chi connectivity index (χ1) is 11.9. The lowest BCUT2D eigenvalue weighted by Crippen LogP contribution is -2.11. The minimum absolute atomic E-state index is 0.196. The van der Waals surface area contributed by atoms with Crippen molar-refractivity contribution in [2.24, 2.45) is 0 Å². The van der Waals surface area contributed by atoms with Gasteiger partial charge in [0.2, 0.25) is 11.8 Å². The van der Waals surface area contributed by atoms with Gasteiger partial charge >= 0.3 is 0 Å². The molecule has 0 unspecified atom stereocenters. The van der Waals surface area contributed by atoms with Crippen molar-refractivity contribution in [3.05, 3.63) is 45.6 Å². The van der Waals surface area contributed by atoms with E-state index in [0.717, 1.165) is 29.7 Å². The van der Waals surface area contributed by atoms with Crippen LogP contribution in [-0.2, 0) is 10.0 Å². The molecule has 0 atom stereocenters. The lowest BCUT2D eigenvalue weighted by Gasteiger charge is -2.08. The van der Waals surface area contributed by atoms with Crippen LogP contribution in [0, 0.1) is 6.92 Å². The number of aryl methyl sites for hydroxylation is 1. The van der Waals surface area contributed by atoms with Crippen molar-refractivity contribution < 1.29 is 12.8 Å². The molecule has 6 nitrogen and oxygen atoms in total. The number of anilines is 1. The van der Waals surface area contributed by atoms with Gasteiger partial charge in [0.05, 0.1) is 11.3 Å². The first kappa shape index (κ1) is 16.7. The number of aromatic nitrogens is 2. The smallest absolute Gasteiger partial charge is 0.271 e. The molecule has 3 aromatic rings. The third-order valence-electron chi connectivity index (χ3n) is 3.82. The highest BCUT2D eigenvalue weighted by molar-refractivity contribution is 9.10. The average molecular weight is 440 g/mol. The van der Waals surface area contributed by atoms with Crippen molar-refractivity contribution >= 4 is 43.0 Å². The van der Waals surface area contributed by atoms with Gasteiger partial charge in [-0.25, -0.2) is 8.42 Å².